The lowest BCUT2D eigenvalue weighted by Crippen LogP contribution is -2.43. The number of rotatable bonds is 2. The van der Waals surface area contributed by atoms with Crippen molar-refractivity contribution in [1.29, 1.82) is 0 Å². The van der Waals surface area contributed by atoms with E-state index in [4.69, 9.17) is 0 Å². The molecule has 2 heteroatoms. The Bertz CT molecular complexity index is 345. The number of nitrogens with zero attached hydrogens (tertiary/aromatic N) is 2. The summed E-state index contributed by atoms with van der Waals surface area (Å²) in [6.07, 6.45) is 15.3. The van der Waals surface area contributed by atoms with Gasteiger partial charge in [0.25, 0.3) is 0 Å². The molecular weight excluding hydrogens is 256 g/mol. The summed E-state index contributed by atoms with van der Waals surface area (Å²) in [5.41, 5.74) is 1.49. The molecule has 2 aliphatic heterocycles. The fraction of sp³-hybridized carbons (Fsp3) is 0.789. The summed E-state index contributed by atoms with van der Waals surface area (Å²) in [5.74, 6) is 0.737. The topological polar surface area (TPSA) is 6.48 Å². The van der Waals surface area contributed by atoms with Crippen molar-refractivity contribution in [3.63, 3.8) is 0 Å². The van der Waals surface area contributed by atoms with Crippen LogP contribution >= 0.6 is 0 Å². The maximum atomic E-state index is 2.73. The van der Waals surface area contributed by atoms with Crippen molar-refractivity contribution in [2.45, 2.75) is 66.3 Å². The van der Waals surface area contributed by atoms with Crippen LogP contribution in [0.5, 0.6) is 0 Å². The standard InChI is InChI=1S/C17H28N2.2CH4/c1-15-6-2-3-7-17(14-15)19-12-8-16(9-13-19)18-10-4-5-11-18;;/h3,7,14-16H,2,4-6,8-13H2,1H3;2*1H4. The number of likely N-dealkylation sites (tertiary alicyclic amines) is 2. The third-order valence-corrected chi connectivity index (χ3v) is 5.02. The molecule has 1 aliphatic carbocycles. The first kappa shape index (κ1) is 18.3. The Morgan fingerprint density at radius 2 is 1.62 bits per heavy atom. The van der Waals surface area contributed by atoms with Gasteiger partial charge in [0.1, 0.15) is 0 Å². The lowest BCUT2D eigenvalue weighted by Gasteiger charge is -2.38. The molecule has 0 N–H and O–H groups in total. The van der Waals surface area contributed by atoms with Gasteiger partial charge in [-0.2, -0.15) is 0 Å². The number of allylic oxidation sites excluding steroid dienone is 3. The van der Waals surface area contributed by atoms with Crippen molar-refractivity contribution < 1.29 is 0 Å². The molecule has 1 atom stereocenters. The first-order valence-corrected chi connectivity index (χ1v) is 8.20. The van der Waals surface area contributed by atoms with E-state index < -0.39 is 0 Å². The zero-order valence-corrected chi connectivity index (χ0v) is 12.4. The fourth-order valence-corrected chi connectivity index (χ4v) is 3.80. The van der Waals surface area contributed by atoms with Crippen molar-refractivity contribution in [3.8, 4) is 0 Å². The van der Waals surface area contributed by atoms with Crippen LogP contribution in [0.1, 0.15) is 60.3 Å². The Labute approximate surface area is 132 Å². The monoisotopic (exact) mass is 292 g/mol. The van der Waals surface area contributed by atoms with Gasteiger partial charge in [-0.1, -0.05) is 33.9 Å². The SMILES string of the molecule is C.C.CC1C=C(N2CCC(N3CCCC3)CC2)C=CCC1. The van der Waals surface area contributed by atoms with Gasteiger partial charge < -0.3 is 9.80 Å². The molecule has 0 spiro atoms. The highest BCUT2D eigenvalue weighted by molar-refractivity contribution is 5.21. The van der Waals surface area contributed by atoms with Crippen LogP contribution in [0.3, 0.4) is 0 Å². The maximum absolute atomic E-state index is 2.73. The highest BCUT2D eigenvalue weighted by Gasteiger charge is 2.26. The highest BCUT2D eigenvalue weighted by atomic mass is 15.2. The third kappa shape index (κ3) is 4.60. The van der Waals surface area contributed by atoms with Crippen LogP contribution in [0.25, 0.3) is 0 Å². The molecule has 0 amide bonds. The van der Waals surface area contributed by atoms with Gasteiger partial charge in [0.15, 0.2) is 0 Å². The van der Waals surface area contributed by atoms with Crippen molar-refractivity contribution in [3.05, 3.63) is 23.9 Å². The molecule has 3 rings (SSSR count). The van der Waals surface area contributed by atoms with Crippen molar-refractivity contribution >= 4 is 0 Å². The van der Waals surface area contributed by atoms with Crippen LogP contribution in [0.4, 0.5) is 0 Å². The van der Waals surface area contributed by atoms with Gasteiger partial charge in [-0.25, -0.2) is 0 Å². The first-order chi connectivity index (χ1) is 9.33. The van der Waals surface area contributed by atoms with Crippen molar-refractivity contribution in [2.75, 3.05) is 26.2 Å². The molecule has 2 heterocycles. The quantitative estimate of drug-likeness (QED) is 0.728. The average molecular weight is 293 g/mol. The Hall–Kier alpha value is -0.760. The number of hydrogen-bond donors (Lipinski definition) is 0. The average Bonchev–Trinajstić information content (AvgIpc) is 2.88. The molecule has 2 fully saturated rings. The minimum absolute atomic E-state index is 0. The highest BCUT2D eigenvalue weighted by Crippen LogP contribution is 2.25. The van der Waals surface area contributed by atoms with E-state index in [-0.39, 0.29) is 14.9 Å². The van der Waals surface area contributed by atoms with Crippen LogP contribution in [-0.4, -0.2) is 42.0 Å². The summed E-state index contributed by atoms with van der Waals surface area (Å²) in [5, 5.41) is 0. The van der Waals surface area contributed by atoms with Crippen LogP contribution in [-0.2, 0) is 0 Å². The van der Waals surface area contributed by atoms with E-state index in [1.807, 2.05) is 0 Å². The molecule has 21 heavy (non-hydrogen) atoms. The van der Waals surface area contributed by atoms with Gasteiger partial charge >= 0.3 is 0 Å². The zero-order valence-electron chi connectivity index (χ0n) is 12.4. The lowest BCUT2D eigenvalue weighted by molar-refractivity contribution is 0.149. The van der Waals surface area contributed by atoms with Crippen LogP contribution in [0, 0.1) is 5.92 Å². The Morgan fingerprint density at radius 1 is 0.952 bits per heavy atom. The van der Waals surface area contributed by atoms with Crippen LogP contribution in [0.15, 0.2) is 23.9 Å². The minimum atomic E-state index is 0. The third-order valence-electron chi connectivity index (χ3n) is 5.02. The fourth-order valence-electron chi connectivity index (χ4n) is 3.80. The summed E-state index contributed by atoms with van der Waals surface area (Å²) in [7, 11) is 0. The molecule has 122 valence electrons. The van der Waals surface area contributed by atoms with E-state index in [2.05, 4.69) is 35.0 Å². The van der Waals surface area contributed by atoms with E-state index in [1.165, 1.54) is 70.4 Å². The van der Waals surface area contributed by atoms with Crippen LogP contribution < -0.4 is 0 Å². The molecule has 3 aliphatic rings. The van der Waals surface area contributed by atoms with E-state index in [0.29, 0.717) is 0 Å². The lowest BCUT2D eigenvalue weighted by atomic mass is 10.0. The maximum Gasteiger partial charge on any atom is 0.0325 e. The first-order valence-electron chi connectivity index (χ1n) is 8.20. The molecule has 2 nitrogen and oxygen atoms in total. The van der Waals surface area contributed by atoms with Gasteiger partial charge in [-0.3, -0.25) is 0 Å². The van der Waals surface area contributed by atoms with Crippen LogP contribution in [0.2, 0.25) is 0 Å². The number of hydrogen-bond acceptors (Lipinski definition) is 2. The Morgan fingerprint density at radius 3 is 2.29 bits per heavy atom. The van der Waals surface area contributed by atoms with E-state index in [9.17, 15) is 0 Å². The second-order valence-corrected chi connectivity index (χ2v) is 6.51. The summed E-state index contributed by atoms with van der Waals surface area (Å²) in [6, 6.07) is 0.867. The van der Waals surface area contributed by atoms with Gasteiger partial charge in [0.05, 0.1) is 0 Å². The van der Waals surface area contributed by atoms with Crippen molar-refractivity contribution in [1.82, 2.24) is 9.80 Å². The molecule has 0 radical (unpaired) electrons. The van der Waals surface area contributed by atoms with Gasteiger partial charge in [-0.05, 0) is 63.6 Å². The second kappa shape index (κ2) is 8.63. The molecule has 1 unspecified atom stereocenters. The molecular formula is C19H36N2. The Kier molecular flexibility index (Phi) is 7.51. The summed E-state index contributed by atoms with van der Waals surface area (Å²) in [4.78, 5) is 5.35. The molecule has 0 aromatic rings. The number of piperidine rings is 1. The summed E-state index contributed by atoms with van der Waals surface area (Å²) in [6.45, 7) is 7.56. The normalized spacial score (nSPS) is 27.6. The molecule has 0 saturated carbocycles. The summed E-state index contributed by atoms with van der Waals surface area (Å²) >= 11 is 0. The van der Waals surface area contributed by atoms with Gasteiger partial charge in [0, 0.05) is 24.8 Å². The second-order valence-electron chi connectivity index (χ2n) is 6.51. The predicted octanol–water partition coefficient (Wildman–Crippen LogP) is 4.69. The van der Waals surface area contributed by atoms with E-state index >= 15 is 0 Å². The zero-order chi connectivity index (χ0) is 13.1. The van der Waals surface area contributed by atoms with Gasteiger partial charge in [-0.15, -0.1) is 0 Å². The van der Waals surface area contributed by atoms with Crippen molar-refractivity contribution in [2.24, 2.45) is 5.92 Å². The Balaban J connectivity index is 0.00000110. The molecule has 0 aromatic carbocycles. The van der Waals surface area contributed by atoms with E-state index in [1.54, 1.807) is 0 Å². The summed E-state index contributed by atoms with van der Waals surface area (Å²) < 4.78 is 0. The largest absolute Gasteiger partial charge is 0.372 e. The molecule has 2 saturated heterocycles. The van der Waals surface area contributed by atoms with Gasteiger partial charge in [0.2, 0.25) is 0 Å². The minimum Gasteiger partial charge on any atom is -0.372 e. The molecule has 0 bridgehead atoms. The smallest absolute Gasteiger partial charge is 0.0325 e. The predicted molar refractivity (Wildman–Crippen MR) is 94.5 cm³/mol. The molecule has 0 aromatic heterocycles. The van der Waals surface area contributed by atoms with E-state index in [0.717, 1.165) is 12.0 Å².